The van der Waals surface area contributed by atoms with Crippen LogP contribution in [-0.2, 0) is 0 Å². The first-order valence-corrected chi connectivity index (χ1v) is 7.19. The fraction of sp³-hybridized carbons (Fsp3) is 0.250. The molecule has 5 nitrogen and oxygen atoms in total. The number of aliphatic hydroxyl groups excluding tert-OH is 1. The van der Waals surface area contributed by atoms with E-state index in [9.17, 15) is 9.90 Å². The van der Waals surface area contributed by atoms with Crippen LogP contribution in [-0.4, -0.2) is 35.3 Å². The molecule has 0 saturated carbocycles. The smallest absolute Gasteiger partial charge is 0.252 e. The summed E-state index contributed by atoms with van der Waals surface area (Å²) in [6, 6.07) is 8.60. The van der Waals surface area contributed by atoms with Gasteiger partial charge >= 0.3 is 0 Å². The topological polar surface area (TPSA) is 71.5 Å². The van der Waals surface area contributed by atoms with E-state index < -0.39 is 6.10 Å². The number of amides is 1. The number of aromatic nitrogens is 1. The summed E-state index contributed by atoms with van der Waals surface area (Å²) in [6.45, 7) is 2.05. The van der Waals surface area contributed by atoms with Crippen LogP contribution >= 0.6 is 11.6 Å². The van der Waals surface area contributed by atoms with Crippen molar-refractivity contribution in [3.05, 3.63) is 58.9 Å². The monoisotopic (exact) mass is 320 g/mol. The molecule has 1 aromatic carbocycles. The maximum absolute atomic E-state index is 11.8. The molecule has 0 aliphatic heterocycles. The molecular formula is C16H17ClN2O3. The van der Waals surface area contributed by atoms with E-state index >= 15 is 0 Å². The average molecular weight is 321 g/mol. The minimum absolute atomic E-state index is 0.0778. The van der Waals surface area contributed by atoms with E-state index in [0.717, 1.165) is 5.56 Å². The van der Waals surface area contributed by atoms with Gasteiger partial charge in [-0.2, -0.15) is 0 Å². The zero-order valence-corrected chi connectivity index (χ0v) is 12.9. The molecule has 0 unspecified atom stereocenters. The van der Waals surface area contributed by atoms with Crippen molar-refractivity contribution in [1.29, 1.82) is 0 Å². The lowest BCUT2D eigenvalue weighted by Crippen LogP contribution is -2.35. The number of hydrogen-bond donors (Lipinski definition) is 2. The van der Waals surface area contributed by atoms with Gasteiger partial charge in [0.05, 0.1) is 5.56 Å². The number of nitrogens with one attached hydrogen (secondary N) is 1. The number of aryl methyl sites for hydroxylation is 1. The van der Waals surface area contributed by atoms with Gasteiger partial charge in [-0.15, -0.1) is 0 Å². The van der Waals surface area contributed by atoms with Crippen LogP contribution in [0.2, 0.25) is 5.02 Å². The van der Waals surface area contributed by atoms with Gasteiger partial charge in [0.15, 0.2) is 0 Å². The predicted octanol–water partition coefficient (Wildman–Crippen LogP) is 2.21. The molecule has 1 atom stereocenters. The van der Waals surface area contributed by atoms with Crippen LogP contribution in [0.4, 0.5) is 0 Å². The van der Waals surface area contributed by atoms with Crippen molar-refractivity contribution in [1.82, 2.24) is 10.3 Å². The number of carbonyl (C=O) groups excluding carboxylic acids is 1. The van der Waals surface area contributed by atoms with Crippen molar-refractivity contribution in [2.75, 3.05) is 13.2 Å². The Balaban J connectivity index is 1.77. The van der Waals surface area contributed by atoms with Gasteiger partial charge in [-0.05, 0) is 42.8 Å². The predicted molar refractivity (Wildman–Crippen MR) is 84.3 cm³/mol. The minimum Gasteiger partial charge on any atom is -0.491 e. The molecule has 2 rings (SSSR count). The Morgan fingerprint density at radius 1 is 1.45 bits per heavy atom. The molecule has 0 fully saturated rings. The molecule has 1 heterocycles. The molecule has 0 radical (unpaired) electrons. The quantitative estimate of drug-likeness (QED) is 0.856. The second-order valence-electron chi connectivity index (χ2n) is 4.83. The zero-order chi connectivity index (χ0) is 15.9. The number of benzene rings is 1. The van der Waals surface area contributed by atoms with Gasteiger partial charge in [-0.25, -0.2) is 0 Å². The van der Waals surface area contributed by atoms with E-state index in [4.69, 9.17) is 16.3 Å². The standard InChI is InChI=1S/C16H17ClN2O3/c1-11-7-14(4-5-15(11)17)22-10-13(20)9-19-16(21)12-3-2-6-18-8-12/h2-8,13,20H,9-10H2,1H3,(H,19,21)/t13-/m1/s1. The summed E-state index contributed by atoms with van der Waals surface area (Å²) in [7, 11) is 0. The molecular weight excluding hydrogens is 304 g/mol. The molecule has 0 bridgehead atoms. The SMILES string of the molecule is Cc1cc(OC[C@H](O)CNC(=O)c2cccnc2)ccc1Cl. The molecule has 0 spiro atoms. The highest BCUT2D eigenvalue weighted by Crippen LogP contribution is 2.21. The van der Waals surface area contributed by atoms with Crippen LogP contribution in [0.25, 0.3) is 0 Å². The molecule has 0 aliphatic rings. The van der Waals surface area contributed by atoms with Gasteiger partial charge in [0.1, 0.15) is 18.5 Å². The number of halogens is 1. The van der Waals surface area contributed by atoms with Crippen molar-refractivity contribution in [3.8, 4) is 5.75 Å². The summed E-state index contributed by atoms with van der Waals surface area (Å²) in [5.74, 6) is 0.342. The normalized spacial score (nSPS) is 11.8. The Hall–Kier alpha value is -2.11. The molecule has 22 heavy (non-hydrogen) atoms. The molecule has 1 aromatic heterocycles. The molecule has 116 valence electrons. The average Bonchev–Trinajstić information content (AvgIpc) is 2.54. The van der Waals surface area contributed by atoms with Gasteiger partial charge in [0, 0.05) is 24.0 Å². The van der Waals surface area contributed by atoms with Crippen LogP contribution in [0.15, 0.2) is 42.7 Å². The van der Waals surface area contributed by atoms with Gasteiger partial charge < -0.3 is 15.2 Å². The number of hydrogen-bond acceptors (Lipinski definition) is 4. The number of aliphatic hydroxyl groups is 1. The van der Waals surface area contributed by atoms with E-state index in [2.05, 4.69) is 10.3 Å². The Kier molecular flexibility index (Phi) is 5.75. The molecule has 1 amide bonds. The first-order valence-electron chi connectivity index (χ1n) is 6.81. The number of pyridine rings is 1. The maximum atomic E-state index is 11.8. The maximum Gasteiger partial charge on any atom is 0.252 e. The summed E-state index contributed by atoms with van der Waals surface area (Å²) in [6.07, 6.45) is 2.25. The van der Waals surface area contributed by atoms with Crippen molar-refractivity contribution >= 4 is 17.5 Å². The van der Waals surface area contributed by atoms with Crippen LogP contribution < -0.4 is 10.1 Å². The van der Waals surface area contributed by atoms with Crippen molar-refractivity contribution in [2.45, 2.75) is 13.0 Å². The third kappa shape index (κ3) is 4.72. The Morgan fingerprint density at radius 3 is 2.95 bits per heavy atom. The molecule has 2 N–H and O–H groups in total. The van der Waals surface area contributed by atoms with E-state index in [1.807, 2.05) is 6.92 Å². The van der Waals surface area contributed by atoms with Crippen LogP contribution in [0.3, 0.4) is 0 Å². The van der Waals surface area contributed by atoms with Crippen LogP contribution in [0.1, 0.15) is 15.9 Å². The zero-order valence-electron chi connectivity index (χ0n) is 12.1. The van der Waals surface area contributed by atoms with Crippen LogP contribution in [0.5, 0.6) is 5.75 Å². The minimum atomic E-state index is -0.809. The Morgan fingerprint density at radius 2 is 2.27 bits per heavy atom. The van der Waals surface area contributed by atoms with Gasteiger partial charge in [-0.3, -0.25) is 9.78 Å². The van der Waals surface area contributed by atoms with Crippen molar-refractivity contribution < 1.29 is 14.6 Å². The third-order valence-corrected chi connectivity index (χ3v) is 3.42. The van der Waals surface area contributed by atoms with Gasteiger partial charge in [0.25, 0.3) is 5.91 Å². The molecule has 0 saturated heterocycles. The lowest BCUT2D eigenvalue weighted by atomic mass is 10.2. The highest BCUT2D eigenvalue weighted by atomic mass is 35.5. The summed E-state index contributed by atoms with van der Waals surface area (Å²) < 4.78 is 5.47. The number of nitrogens with zero attached hydrogens (tertiary/aromatic N) is 1. The van der Waals surface area contributed by atoms with E-state index in [0.29, 0.717) is 16.3 Å². The summed E-state index contributed by atoms with van der Waals surface area (Å²) in [4.78, 5) is 15.7. The fourth-order valence-corrected chi connectivity index (χ4v) is 1.89. The largest absolute Gasteiger partial charge is 0.491 e. The number of carbonyl (C=O) groups is 1. The van der Waals surface area contributed by atoms with E-state index in [1.54, 1.807) is 36.5 Å². The van der Waals surface area contributed by atoms with Crippen LogP contribution in [0, 0.1) is 6.92 Å². The van der Waals surface area contributed by atoms with Gasteiger partial charge in [0.2, 0.25) is 0 Å². The van der Waals surface area contributed by atoms with Gasteiger partial charge in [-0.1, -0.05) is 11.6 Å². The summed E-state index contributed by atoms with van der Waals surface area (Å²) in [5, 5.41) is 13.1. The third-order valence-electron chi connectivity index (χ3n) is 2.99. The highest BCUT2D eigenvalue weighted by molar-refractivity contribution is 6.31. The molecule has 2 aromatic rings. The lowest BCUT2D eigenvalue weighted by molar-refractivity contribution is 0.0843. The van der Waals surface area contributed by atoms with Crippen molar-refractivity contribution in [3.63, 3.8) is 0 Å². The molecule has 0 aliphatic carbocycles. The van der Waals surface area contributed by atoms with Crippen molar-refractivity contribution in [2.24, 2.45) is 0 Å². The molecule has 6 heteroatoms. The Bertz CT molecular complexity index is 635. The number of ether oxygens (including phenoxy) is 1. The Labute approximate surface area is 133 Å². The fourth-order valence-electron chi connectivity index (χ4n) is 1.77. The first kappa shape index (κ1) is 16.3. The lowest BCUT2D eigenvalue weighted by Gasteiger charge is -2.14. The van der Waals surface area contributed by atoms with E-state index in [1.165, 1.54) is 6.20 Å². The summed E-state index contributed by atoms with van der Waals surface area (Å²) in [5.41, 5.74) is 1.35. The van der Waals surface area contributed by atoms with E-state index in [-0.39, 0.29) is 19.1 Å². The second-order valence-corrected chi connectivity index (χ2v) is 5.23. The summed E-state index contributed by atoms with van der Waals surface area (Å²) >= 11 is 5.93. The first-order chi connectivity index (χ1) is 10.6. The number of rotatable bonds is 6. The second kappa shape index (κ2) is 7.77. The highest BCUT2D eigenvalue weighted by Gasteiger charge is 2.10.